The van der Waals surface area contributed by atoms with Gasteiger partial charge in [0.25, 0.3) is 6.43 Å². The number of carbonyl (C=O) groups excluding carboxylic acids is 1. The van der Waals surface area contributed by atoms with Crippen molar-refractivity contribution in [1.29, 1.82) is 0 Å². The fourth-order valence-electron chi connectivity index (χ4n) is 5.97. The molecule has 0 fully saturated rings. The predicted molar refractivity (Wildman–Crippen MR) is 151 cm³/mol. The molecular formula is C31H29F4N7O. The third kappa shape index (κ3) is 5.73. The van der Waals surface area contributed by atoms with Crippen LogP contribution in [0.1, 0.15) is 66.9 Å². The summed E-state index contributed by atoms with van der Waals surface area (Å²) in [5.74, 6) is -1.84. The van der Waals surface area contributed by atoms with E-state index >= 15 is 0 Å². The fourth-order valence-corrected chi connectivity index (χ4v) is 5.97. The number of halogens is 4. The van der Waals surface area contributed by atoms with Gasteiger partial charge < -0.3 is 10.3 Å². The highest BCUT2D eigenvalue weighted by Gasteiger charge is 2.33. The number of hydrogen-bond acceptors (Lipinski definition) is 5. The Morgan fingerprint density at radius 2 is 1.88 bits per heavy atom. The van der Waals surface area contributed by atoms with Crippen LogP contribution in [0.25, 0.3) is 22.2 Å². The lowest BCUT2D eigenvalue weighted by Gasteiger charge is -2.27. The average Bonchev–Trinajstić information content (AvgIpc) is 3.59. The zero-order valence-corrected chi connectivity index (χ0v) is 23.5. The molecule has 6 rings (SSSR count). The molecule has 1 amide bonds. The highest BCUT2D eigenvalue weighted by atomic mass is 19.3. The zero-order valence-electron chi connectivity index (χ0n) is 23.5. The minimum Gasteiger partial charge on any atom is -0.346 e. The first-order chi connectivity index (χ1) is 20.7. The SMILES string of the molecule is CC1CCc2c(C(F)F)nn(CC(=O)N[C@@H](Cc3cc(F)cc(F)c3)c3ncncc3-c3cnc4[nH]ccc4c3)c2[C@@H]1C. The van der Waals surface area contributed by atoms with Gasteiger partial charge in [0.2, 0.25) is 5.91 Å². The number of pyridine rings is 1. The Morgan fingerprint density at radius 1 is 1.09 bits per heavy atom. The molecule has 4 aromatic heterocycles. The van der Waals surface area contributed by atoms with Gasteiger partial charge in [0.15, 0.2) is 0 Å². The normalized spacial score (nSPS) is 17.3. The Bertz CT molecular complexity index is 1780. The summed E-state index contributed by atoms with van der Waals surface area (Å²) in [5, 5.41) is 7.94. The standard InChI is InChI=1S/C31H29F4N7O/c1-16-3-4-23-28(30(34)35)41-42(29(23)17(16)2)14-26(43)40-25(9-18-7-21(32)11-22(33)8-18)27-24(13-36-15-39-27)20-10-19-5-6-37-31(19)38-12-20/h5-8,10-13,15-17,25,30H,3-4,9,14H2,1-2H3,(H,37,38)(H,40,43)/t16?,17-,25+/m1/s1. The molecule has 1 unspecified atom stereocenters. The summed E-state index contributed by atoms with van der Waals surface area (Å²) in [7, 11) is 0. The van der Waals surface area contributed by atoms with Crippen LogP contribution in [0.2, 0.25) is 0 Å². The molecule has 8 nitrogen and oxygen atoms in total. The van der Waals surface area contributed by atoms with E-state index in [-0.39, 0.29) is 30.5 Å². The molecule has 0 spiro atoms. The monoisotopic (exact) mass is 591 g/mol. The van der Waals surface area contributed by atoms with Gasteiger partial charge in [-0.25, -0.2) is 32.5 Å². The second-order valence-corrected chi connectivity index (χ2v) is 11.1. The van der Waals surface area contributed by atoms with Crippen molar-refractivity contribution in [2.45, 2.75) is 58.0 Å². The lowest BCUT2D eigenvalue weighted by atomic mass is 9.80. The summed E-state index contributed by atoms with van der Waals surface area (Å²) >= 11 is 0. The number of nitrogens with zero attached hydrogens (tertiary/aromatic N) is 5. The number of amides is 1. The van der Waals surface area contributed by atoms with Crippen LogP contribution in [0, 0.1) is 17.6 Å². The summed E-state index contributed by atoms with van der Waals surface area (Å²) in [5.41, 5.74) is 3.49. The van der Waals surface area contributed by atoms with E-state index in [9.17, 15) is 22.4 Å². The average molecular weight is 592 g/mol. The molecule has 1 aromatic carbocycles. The summed E-state index contributed by atoms with van der Waals surface area (Å²) in [6.07, 6.45) is 4.80. The van der Waals surface area contributed by atoms with Crippen LogP contribution in [0.5, 0.6) is 0 Å². The van der Waals surface area contributed by atoms with E-state index in [1.54, 1.807) is 18.6 Å². The van der Waals surface area contributed by atoms with Gasteiger partial charge in [-0.1, -0.05) is 13.8 Å². The fraction of sp³-hybridized carbons (Fsp3) is 0.323. The molecule has 43 heavy (non-hydrogen) atoms. The second kappa shape index (κ2) is 11.6. The number of rotatable bonds is 8. The number of aromatic nitrogens is 6. The zero-order chi connectivity index (χ0) is 30.2. The first-order valence-corrected chi connectivity index (χ1v) is 14.0. The third-order valence-corrected chi connectivity index (χ3v) is 8.24. The Labute approximate surface area is 244 Å². The van der Waals surface area contributed by atoms with Gasteiger partial charge in [0.1, 0.15) is 35.8 Å². The lowest BCUT2D eigenvalue weighted by Crippen LogP contribution is -2.35. The summed E-state index contributed by atoms with van der Waals surface area (Å²) < 4.78 is 57.5. The molecule has 0 saturated heterocycles. The smallest absolute Gasteiger partial charge is 0.282 e. The molecule has 0 saturated carbocycles. The van der Waals surface area contributed by atoms with E-state index in [4.69, 9.17) is 0 Å². The van der Waals surface area contributed by atoms with Crippen molar-refractivity contribution in [2.75, 3.05) is 0 Å². The molecule has 4 heterocycles. The maximum absolute atomic E-state index is 14.2. The Hall–Kier alpha value is -4.61. The summed E-state index contributed by atoms with van der Waals surface area (Å²) in [6, 6.07) is 6.06. The molecule has 12 heteroatoms. The number of H-pyrrole nitrogens is 1. The Balaban J connectivity index is 1.36. The highest BCUT2D eigenvalue weighted by molar-refractivity contribution is 5.82. The van der Waals surface area contributed by atoms with Crippen LogP contribution in [0.4, 0.5) is 17.6 Å². The number of fused-ring (bicyclic) bond motifs is 2. The van der Waals surface area contributed by atoms with Crippen LogP contribution in [0.15, 0.2) is 55.2 Å². The second-order valence-electron chi connectivity index (χ2n) is 11.1. The molecular weight excluding hydrogens is 562 g/mol. The van der Waals surface area contributed by atoms with Gasteiger partial charge in [0, 0.05) is 58.3 Å². The molecule has 3 atom stereocenters. The lowest BCUT2D eigenvalue weighted by molar-refractivity contribution is -0.122. The van der Waals surface area contributed by atoms with Gasteiger partial charge in [-0.15, -0.1) is 0 Å². The first-order valence-electron chi connectivity index (χ1n) is 14.0. The molecule has 5 aromatic rings. The van der Waals surface area contributed by atoms with E-state index in [2.05, 4.69) is 37.3 Å². The number of carbonyl (C=O) groups is 1. The topological polar surface area (TPSA) is 101 Å². The molecule has 222 valence electrons. The van der Waals surface area contributed by atoms with E-state index in [0.29, 0.717) is 45.7 Å². The van der Waals surface area contributed by atoms with Crippen LogP contribution in [-0.2, 0) is 24.2 Å². The molecule has 0 radical (unpaired) electrons. The number of hydrogen-bond donors (Lipinski definition) is 2. The van der Waals surface area contributed by atoms with Crippen molar-refractivity contribution >= 4 is 16.9 Å². The van der Waals surface area contributed by atoms with Crippen molar-refractivity contribution in [3.63, 3.8) is 0 Å². The third-order valence-electron chi connectivity index (χ3n) is 8.24. The van der Waals surface area contributed by atoms with Crippen molar-refractivity contribution < 1.29 is 22.4 Å². The Kier molecular flexibility index (Phi) is 7.68. The van der Waals surface area contributed by atoms with Crippen LogP contribution < -0.4 is 5.32 Å². The van der Waals surface area contributed by atoms with Crippen LogP contribution in [-0.4, -0.2) is 35.6 Å². The van der Waals surface area contributed by atoms with Crippen LogP contribution in [0.3, 0.4) is 0 Å². The first kappa shape index (κ1) is 28.5. The Morgan fingerprint density at radius 3 is 2.65 bits per heavy atom. The van der Waals surface area contributed by atoms with E-state index in [0.717, 1.165) is 17.9 Å². The van der Waals surface area contributed by atoms with Gasteiger partial charge in [0.05, 0.1) is 11.7 Å². The van der Waals surface area contributed by atoms with Crippen molar-refractivity contribution in [3.8, 4) is 11.1 Å². The predicted octanol–water partition coefficient (Wildman–Crippen LogP) is 6.22. The molecule has 0 aliphatic heterocycles. The van der Waals surface area contributed by atoms with Gasteiger partial charge in [-0.05, 0) is 55.0 Å². The van der Waals surface area contributed by atoms with Crippen molar-refractivity contribution in [3.05, 3.63) is 95.1 Å². The largest absolute Gasteiger partial charge is 0.346 e. The minimum absolute atomic E-state index is 0.00278. The molecule has 2 N–H and O–H groups in total. The quantitative estimate of drug-likeness (QED) is 0.209. The van der Waals surface area contributed by atoms with Gasteiger partial charge >= 0.3 is 0 Å². The maximum atomic E-state index is 14.2. The van der Waals surface area contributed by atoms with Gasteiger partial charge in [-0.2, -0.15) is 5.10 Å². The molecule has 1 aliphatic rings. The van der Waals surface area contributed by atoms with Crippen molar-refractivity contribution in [1.82, 2.24) is 35.0 Å². The van der Waals surface area contributed by atoms with Crippen LogP contribution >= 0.6 is 0 Å². The number of alkyl halides is 2. The van der Waals surface area contributed by atoms with Gasteiger partial charge in [-0.3, -0.25) is 9.48 Å². The maximum Gasteiger partial charge on any atom is 0.282 e. The highest BCUT2D eigenvalue weighted by Crippen LogP contribution is 2.39. The number of nitrogens with one attached hydrogen (secondary N) is 2. The summed E-state index contributed by atoms with van der Waals surface area (Å²) in [6.45, 7) is 3.70. The van der Waals surface area contributed by atoms with E-state index in [1.165, 1.54) is 23.1 Å². The number of benzene rings is 1. The minimum atomic E-state index is -2.76. The summed E-state index contributed by atoms with van der Waals surface area (Å²) in [4.78, 5) is 29.7. The van der Waals surface area contributed by atoms with Crippen molar-refractivity contribution in [2.24, 2.45) is 5.92 Å². The van der Waals surface area contributed by atoms with E-state index in [1.807, 2.05) is 19.1 Å². The molecule has 1 aliphatic carbocycles. The number of aromatic amines is 1. The van der Waals surface area contributed by atoms with E-state index < -0.39 is 30.0 Å². The molecule has 0 bridgehead atoms.